The first-order valence-electron chi connectivity index (χ1n) is 9.57. The van der Waals surface area contributed by atoms with Crippen LogP contribution in [0.15, 0.2) is 34.8 Å². The average molecular weight is 510 g/mol. The van der Waals surface area contributed by atoms with E-state index >= 15 is 0 Å². The zero-order valence-corrected chi connectivity index (χ0v) is 19.7. The van der Waals surface area contributed by atoms with Crippen molar-refractivity contribution in [2.45, 2.75) is 20.3 Å². The number of ether oxygens (including phenoxy) is 2. The summed E-state index contributed by atoms with van der Waals surface area (Å²) in [6, 6.07) is 8.54. The number of esters is 1. The van der Waals surface area contributed by atoms with Gasteiger partial charge in [0.05, 0.1) is 18.7 Å². The van der Waals surface area contributed by atoms with Crippen molar-refractivity contribution < 1.29 is 23.9 Å². The molecule has 1 atom stereocenters. The molecule has 0 saturated carbocycles. The molecule has 2 aromatic carbocycles. The van der Waals surface area contributed by atoms with Crippen LogP contribution in [0.25, 0.3) is 0 Å². The van der Waals surface area contributed by atoms with Gasteiger partial charge in [0.1, 0.15) is 5.75 Å². The predicted octanol–water partition coefficient (Wildman–Crippen LogP) is 4.26. The van der Waals surface area contributed by atoms with Gasteiger partial charge in [-0.15, -0.1) is 0 Å². The molecule has 2 amide bonds. The van der Waals surface area contributed by atoms with Crippen LogP contribution in [0.2, 0.25) is 5.02 Å². The van der Waals surface area contributed by atoms with Crippen LogP contribution in [0.4, 0.5) is 11.4 Å². The topological polar surface area (TPSA) is 84.9 Å². The Kier molecular flexibility index (Phi) is 7.23. The third-order valence-electron chi connectivity index (χ3n) is 5.23. The van der Waals surface area contributed by atoms with E-state index in [1.54, 1.807) is 24.3 Å². The second-order valence-electron chi connectivity index (χ2n) is 7.22. The summed E-state index contributed by atoms with van der Waals surface area (Å²) >= 11 is 9.49. The lowest BCUT2D eigenvalue weighted by molar-refractivity contribution is -0.151. The van der Waals surface area contributed by atoms with Crippen molar-refractivity contribution in [2.75, 3.05) is 30.5 Å². The lowest BCUT2D eigenvalue weighted by atomic mass is 10.1. The molecule has 1 N–H and O–H groups in total. The van der Waals surface area contributed by atoms with Gasteiger partial charge in [0, 0.05) is 28.1 Å². The Morgan fingerprint density at radius 3 is 2.68 bits per heavy atom. The maximum Gasteiger partial charge on any atom is 0.311 e. The van der Waals surface area contributed by atoms with Crippen LogP contribution in [0.5, 0.6) is 5.75 Å². The Morgan fingerprint density at radius 2 is 1.97 bits per heavy atom. The number of nitrogens with one attached hydrogen (secondary N) is 1. The van der Waals surface area contributed by atoms with Crippen LogP contribution in [-0.2, 0) is 19.1 Å². The monoisotopic (exact) mass is 508 g/mol. The molecule has 2 aromatic rings. The number of amides is 2. The highest BCUT2D eigenvalue weighted by atomic mass is 79.9. The van der Waals surface area contributed by atoms with Crippen LogP contribution >= 0.6 is 27.5 Å². The van der Waals surface area contributed by atoms with Crippen LogP contribution < -0.4 is 15.0 Å². The normalized spacial score (nSPS) is 15.7. The minimum atomic E-state index is -0.680. The third-order valence-corrected chi connectivity index (χ3v) is 6.32. The summed E-state index contributed by atoms with van der Waals surface area (Å²) in [6.07, 6.45) is -0.0128. The fourth-order valence-electron chi connectivity index (χ4n) is 3.34. The highest BCUT2D eigenvalue weighted by Crippen LogP contribution is 2.35. The molecule has 0 aliphatic carbocycles. The van der Waals surface area contributed by atoms with Gasteiger partial charge in [-0.2, -0.15) is 0 Å². The molecule has 1 aliphatic rings. The number of hydrogen-bond donors (Lipinski definition) is 1. The number of hydrogen-bond acceptors (Lipinski definition) is 5. The zero-order chi connectivity index (χ0) is 22.7. The molecule has 0 bridgehead atoms. The standard InChI is InChI=1S/C22H22BrClN2O5/c1-12-13(2)17(6-5-16(12)23)25-20(27)11-31-22(29)14-8-21(28)26(10-14)18-9-15(24)4-7-19(18)30-3/h4-7,9,14H,8,10-11H2,1-3H3,(H,25,27)/t14-/m0/s1. The van der Waals surface area contributed by atoms with E-state index in [9.17, 15) is 14.4 Å². The first-order chi connectivity index (χ1) is 14.7. The molecule has 1 saturated heterocycles. The average Bonchev–Trinajstić information content (AvgIpc) is 3.14. The molecule has 9 heteroatoms. The largest absolute Gasteiger partial charge is 0.495 e. The van der Waals surface area contributed by atoms with Crippen LogP contribution in [0, 0.1) is 19.8 Å². The molecule has 0 spiro atoms. The van der Waals surface area contributed by atoms with E-state index in [4.69, 9.17) is 21.1 Å². The number of rotatable bonds is 6. The number of benzene rings is 2. The minimum absolute atomic E-state index is 0.0128. The Bertz CT molecular complexity index is 1040. The zero-order valence-electron chi connectivity index (χ0n) is 17.3. The van der Waals surface area contributed by atoms with Gasteiger partial charge in [0.15, 0.2) is 6.61 Å². The highest BCUT2D eigenvalue weighted by molar-refractivity contribution is 9.10. The highest BCUT2D eigenvalue weighted by Gasteiger charge is 2.37. The van der Waals surface area contributed by atoms with Gasteiger partial charge in [-0.1, -0.05) is 27.5 Å². The van der Waals surface area contributed by atoms with Crippen molar-refractivity contribution in [2.24, 2.45) is 5.92 Å². The first-order valence-corrected chi connectivity index (χ1v) is 10.7. The summed E-state index contributed by atoms with van der Waals surface area (Å²) in [6.45, 7) is 3.52. The lowest BCUT2D eigenvalue weighted by Crippen LogP contribution is -2.28. The molecule has 0 radical (unpaired) electrons. The third kappa shape index (κ3) is 5.19. The quantitative estimate of drug-likeness (QED) is 0.588. The van der Waals surface area contributed by atoms with Crippen molar-refractivity contribution >= 4 is 56.7 Å². The summed E-state index contributed by atoms with van der Waals surface area (Å²) in [5, 5.41) is 3.19. The fourth-order valence-corrected chi connectivity index (χ4v) is 3.93. The number of halogens is 2. The second-order valence-corrected chi connectivity index (χ2v) is 8.51. The van der Waals surface area contributed by atoms with Crippen molar-refractivity contribution in [3.8, 4) is 5.75 Å². The van der Waals surface area contributed by atoms with Crippen molar-refractivity contribution in [1.29, 1.82) is 0 Å². The van der Waals surface area contributed by atoms with Gasteiger partial charge < -0.3 is 19.7 Å². The number of methoxy groups -OCH3 is 1. The summed E-state index contributed by atoms with van der Waals surface area (Å²) in [7, 11) is 1.49. The smallest absolute Gasteiger partial charge is 0.311 e. The second kappa shape index (κ2) is 9.70. The molecule has 164 valence electrons. The Labute approximate surface area is 193 Å². The number of anilines is 2. The predicted molar refractivity (Wildman–Crippen MR) is 122 cm³/mol. The SMILES string of the molecule is COc1ccc(Cl)cc1N1C[C@@H](C(=O)OCC(=O)Nc2ccc(Br)c(C)c2C)CC1=O. The van der Waals surface area contributed by atoms with E-state index < -0.39 is 24.4 Å². The van der Waals surface area contributed by atoms with Gasteiger partial charge in [-0.05, 0) is 55.3 Å². The van der Waals surface area contributed by atoms with Crippen LogP contribution in [-0.4, -0.2) is 38.0 Å². The van der Waals surface area contributed by atoms with Gasteiger partial charge in [0.25, 0.3) is 5.91 Å². The molecular formula is C22H22BrClN2O5. The van der Waals surface area contributed by atoms with Crippen molar-refractivity contribution in [1.82, 2.24) is 0 Å². The Balaban J connectivity index is 1.59. The van der Waals surface area contributed by atoms with Crippen LogP contribution in [0.1, 0.15) is 17.5 Å². The lowest BCUT2D eigenvalue weighted by Gasteiger charge is -2.19. The first kappa shape index (κ1) is 23.1. The molecular weight excluding hydrogens is 488 g/mol. The fraction of sp³-hybridized carbons (Fsp3) is 0.318. The van der Waals surface area contributed by atoms with Gasteiger partial charge in [-0.3, -0.25) is 14.4 Å². The van der Waals surface area contributed by atoms with E-state index in [0.29, 0.717) is 22.1 Å². The van der Waals surface area contributed by atoms with Gasteiger partial charge in [0.2, 0.25) is 5.91 Å². The van der Waals surface area contributed by atoms with Gasteiger partial charge in [-0.25, -0.2) is 0 Å². The van der Waals surface area contributed by atoms with Crippen molar-refractivity contribution in [3.05, 3.63) is 51.0 Å². The molecule has 0 aromatic heterocycles. The van der Waals surface area contributed by atoms with E-state index in [2.05, 4.69) is 21.2 Å². The molecule has 0 unspecified atom stereocenters. The summed E-state index contributed by atoms with van der Waals surface area (Å²) in [5.74, 6) is -1.49. The number of carbonyl (C=O) groups excluding carboxylic acids is 3. The maximum absolute atomic E-state index is 12.5. The molecule has 31 heavy (non-hydrogen) atoms. The van der Waals surface area contributed by atoms with E-state index in [1.807, 2.05) is 19.9 Å². The molecule has 1 heterocycles. The van der Waals surface area contributed by atoms with E-state index in [1.165, 1.54) is 12.0 Å². The van der Waals surface area contributed by atoms with Crippen LogP contribution in [0.3, 0.4) is 0 Å². The van der Waals surface area contributed by atoms with E-state index in [0.717, 1.165) is 15.6 Å². The Hall–Kier alpha value is -2.58. The van der Waals surface area contributed by atoms with Crippen molar-refractivity contribution in [3.63, 3.8) is 0 Å². The molecule has 1 fully saturated rings. The minimum Gasteiger partial charge on any atom is -0.495 e. The van der Waals surface area contributed by atoms with Gasteiger partial charge >= 0.3 is 5.97 Å². The van der Waals surface area contributed by atoms with E-state index in [-0.39, 0.29) is 18.9 Å². The Morgan fingerprint density at radius 1 is 1.23 bits per heavy atom. The molecule has 7 nitrogen and oxygen atoms in total. The maximum atomic E-state index is 12.5. The summed E-state index contributed by atoms with van der Waals surface area (Å²) < 4.78 is 11.4. The summed E-state index contributed by atoms with van der Waals surface area (Å²) in [4.78, 5) is 38.6. The molecule has 3 rings (SSSR count). The number of nitrogens with zero attached hydrogens (tertiary/aromatic N) is 1. The summed E-state index contributed by atoms with van der Waals surface area (Å²) in [5.41, 5.74) is 3.07. The number of carbonyl (C=O) groups is 3. The molecule has 1 aliphatic heterocycles.